The lowest BCUT2D eigenvalue weighted by molar-refractivity contribution is 0.681. The van der Waals surface area contributed by atoms with Crippen molar-refractivity contribution in [2.24, 2.45) is 0 Å². The van der Waals surface area contributed by atoms with Crippen LogP contribution in [0.25, 0.3) is 10.6 Å². The van der Waals surface area contributed by atoms with Gasteiger partial charge in [-0.15, -0.1) is 11.3 Å². The summed E-state index contributed by atoms with van der Waals surface area (Å²) in [5, 5.41) is 7.75. The molecule has 0 aliphatic rings. The Morgan fingerprint density at radius 1 is 1.14 bits per heavy atom. The number of thiazole rings is 1. The molecule has 0 saturated carbocycles. The van der Waals surface area contributed by atoms with E-state index in [9.17, 15) is 4.21 Å². The maximum atomic E-state index is 12.2. The average molecular weight is 354 g/mol. The highest BCUT2D eigenvalue weighted by molar-refractivity contribution is 7.83. The second kappa shape index (κ2) is 6.83. The monoisotopic (exact) mass is 353 g/mol. The van der Waals surface area contributed by atoms with Crippen LogP contribution in [0.15, 0.2) is 46.5 Å². The number of hydrogen-bond acceptors (Lipinski definition) is 4. The van der Waals surface area contributed by atoms with E-state index in [4.69, 9.17) is 11.6 Å². The Hall–Kier alpha value is -1.01. The van der Waals surface area contributed by atoms with E-state index in [1.165, 1.54) is 0 Å². The molecule has 0 N–H and O–H groups in total. The first kappa shape index (κ1) is 14.9. The summed E-state index contributed by atoms with van der Waals surface area (Å²) in [6.07, 6.45) is 0. The zero-order chi connectivity index (χ0) is 14.7. The molecule has 2 heterocycles. The lowest BCUT2D eigenvalue weighted by Crippen LogP contribution is -2.00. The molecule has 108 valence electrons. The van der Waals surface area contributed by atoms with Gasteiger partial charge in [0, 0.05) is 32.1 Å². The van der Waals surface area contributed by atoms with Gasteiger partial charge in [-0.1, -0.05) is 29.8 Å². The topological polar surface area (TPSA) is 30.0 Å². The summed E-state index contributed by atoms with van der Waals surface area (Å²) in [6.45, 7) is 0. The number of rotatable bonds is 5. The minimum absolute atomic E-state index is 0.463. The number of nitrogens with zero attached hydrogens (tertiary/aromatic N) is 1. The van der Waals surface area contributed by atoms with Crippen molar-refractivity contribution in [3.05, 3.63) is 62.8 Å². The summed E-state index contributed by atoms with van der Waals surface area (Å²) in [5.74, 6) is 0.927. The summed E-state index contributed by atoms with van der Waals surface area (Å²) in [4.78, 5) is 4.56. The van der Waals surface area contributed by atoms with Crippen molar-refractivity contribution in [2.45, 2.75) is 11.5 Å². The predicted octanol–water partition coefficient (Wildman–Crippen LogP) is 4.97. The first-order valence-corrected chi connectivity index (χ1v) is 9.96. The van der Waals surface area contributed by atoms with Gasteiger partial charge in [-0.2, -0.15) is 11.3 Å². The van der Waals surface area contributed by atoms with Gasteiger partial charge in [-0.05, 0) is 23.1 Å². The molecule has 0 unspecified atom stereocenters. The number of halogens is 1. The lowest BCUT2D eigenvalue weighted by atomic mass is 10.2. The lowest BCUT2D eigenvalue weighted by Gasteiger charge is -2.03. The minimum Gasteiger partial charge on any atom is -0.259 e. The molecule has 0 radical (unpaired) electrons. The van der Waals surface area contributed by atoms with Crippen LogP contribution in [-0.2, 0) is 22.3 Å². The van der Waals surface area contributed by atoms with Crippen LogP contribution in [0.2, 0.25) is 5.02 Å². The van der Waals surface area contributed by atoms with E-state index in [2.05, 4.69) is 10.4 Å². The van der Waals surface area contributed by atoms with E-state index in [-0.39, 0.29) is 0 Å². The minimum atomic E-state index is -1.00. The molecule has 2 nitrogen and oxygen atoms in total. The summed E-state index contributed by atoms with van der Waals surface area (Å²) in [7, 11) is -1.00. The fourth-order valence-electron chi connectivity index (χ4n) is 1.90. The number of hydrogen-bond donors (Lipinski definition) is 0. The fraction of sp³-hybridized carbons (Fsp3) is 0.133. The Morgan fingerprint density at radius 2 is 2.00 bits per heavy atom. The van der Waals surface area contributed by atoms with Crippen LogP contribution in [0.5, 0.6) is 0 Å². The van der Waals surface area contributed by atoms with Gasteiger partial charge in [0.15, 0.2) is 0 Å². The molecule has 0 amide bonds. The standard InChI is InChI=1S/C15H12ClNOS3/c16-14-4-2-1-3-12(14)9-21(18)10-13-8-20-15(17-13)11-5-6-19-7-11/h1-8H,9-10H2/t21-/m1/s1. The van der Waals surface area contributed by atoms with Gasteiger partial charge >= 0.3 is 0 Å². The number of aromatic nitrogens is 1. The van der Waals surface area contributed by atoms with Crippen LogP contribution in [0, 0.1) is 0 Å². The van der Waals surface area contributed by atoms with Gasteiger partial charge in [-0.3, -0.25) is 4.21 Å². The van der Waals surface area contributed by atoms with E-state index in [0.29, 0.717) is 16.5 Å². The highest BCUT2D eigenvalue weighted by Crippen LogP contribution is 2.26. The normalized spacial score (nSPS) is 12.4. The van der Waals surface area contributed by atoms with Crippen molar-refractivity contribution in [3.63, 3.8) is 0 Å². The third-order valence-electron chi connectivity index (χ3n) is 2.90. The van der Waals surface area contributed by atoms with Crippen molar-refractivity contribution in [1.29, 1.82) is 0 Å². The Labute approximate surface area is 138 Å². The van der Waals surface area contributed by atoms with Crippen LogP contribution in [0.1, 0.15) is 11.3 Å². The molecule has 1 aromatic carbocycles. The van der Waals surface area contributed by atoms with Gasteiger partial charge in [0.05, 0.1) is 17.2 Å². The molecule has 0 saturated heterocycles. The van der Waals surface area contributed by atoms with Crippen LogP contribution >= 0.6 is 34.3 Å². The second-order valence-corrected chi connectivity index (χ2v) is 7.98. The molecule has 2 aromatic heterocycles. The highest BCUT2D eigenvalue weighted by Gasteiger charge is 2.10. The molecule has 0 fully saturated rings. The fourth-order valence-corrected chi connectivity index (χ4v) is 4.99. The average Bonchev–Trinajstić information content (AvgIpc) is 3.12. The van der Waals surface area contributed by atoms with E-state index in [0.717, 1.165) is 21.8 Å². The van der Waals surface area contributed by atoms with Crippen LogP contribution < -0.4 is 0 Å². The van der Waals surface area contributed by atoms with Gasteiger partial charge in [0.2, 0.25) is 0 Å². The van der Waals surface area contributed by atoms with Crippen molar-refractivity contribution in [2.75, 3.05) is 0 Å². The van der Waals surface area contributed by atoms with Crippen molar-refractivity contribution >= 4 is 45.1 Å². The Balaban J connectivity index is 1.67. The molecule has 3 aromatic rings. The van der Waals surface area contributed by atoms with Gasteiger partial charge in [-0.25, -0.2) is 4.98 Å². The van der Waals surface area contributed by atoms with Crippen LogP contribution in [0.3, 0.4) is 0 Å². The summed E-state index contributed by atoms with van der Waals surface area (Å²) in [6, 6.07) is 9.58. The zero-order valence-electron chi connectivity index (χ0n) is 11.0. The second-order valence-electron chi connectivity index (χ2n) is 4.48. The molecular formula is C15H12ClNOS3. The largest absolute Gasteiger partial charge is 0.259 e. The maximum Gasteiger partial charge on any atom is 0.124 e. The summed E-state index contributed by atoms with van der Waals surface area (Å²) < 4.78 is 12.2. The van der Waals surface area contributed by atoms with Crippen molar-refractivity contribution in [3.8, 4) is 10.6 Å². The number of benzene rings is 1. The zero-order valence-corrected chi connectivity index (χ0v) is 14.2. The summed E-state index contributed by atoms with van der Waals surface area (Å²) >= 11 is 9.34. The smallest absolute Gasteiger partial charge is 0.124 e. The third-order valence-corrected chi connectivity index (χ3v) is 6.15. The SMILES string of the molecule is O=[S@@](Cc1csc(-c2ccsc2)n1)Cc1ccccc1Cl. The molecule has 0 aliphatic heterocycles. The first-order valence-electron chi connectivity index (χ1n) is 6.28. The Kier molecular flexibility index (Phi) is 4.85. The third kappa shape index (κ3) is 3.80. The predicted molar refractivity (Wildman–Crippen MR) is 92.4 cm³/mol. The highest BCUT2D eigenvalue weighted by atomic mass is 35.5. The summed E-state index contributed by atoms with van der Waals surface area (Å²) in [5.41, 5.74) is 2.94. The van der Waals surface area contributed by atoms with Crippen LogP contribution in [0.4, 0.5) is 0 Å². The van der Waals surface area contributed by atoms with Crippen LogP contribution in [-0.4, -0.2) is 9.19 Å². The van der Waals surface area contributed by atoms with Crippen molar-refractivity contribution < 1.29 is 4.21 Å². The molecule has 1 atom stereocenters. The Bertz CT molecular complexity index is 752. The molecular weight excluding hydrogens is 342 g/mol. The molecule has 21 heavy (non-hydrogen) atoms. The van der Waals surface area contributed by atoms with E-state index >= 15 is 0 Å². The number of thiophene rings is 1. The van der Waals surface area contributed by atoms with Crippen molar-refractivity contribution in [1.82, 2.24) is 4.98 Å². The first-order chi connectivity index (χ1) is 10.2. The maximum absolute atomic E-state index is 12.2. The molecule has 3 rings (SSSR count). The van der Waals surface area contributed by atoms with Gasteiger partial charge in [0.1, 0.15) is 5.01 Å². The van der Waals surface area contributed by atoms with E-state index < -0.39 is 10.8 Å². The molecule has 6 heteroatoms. The quantitative estimate of drug-likeness (QED) is 0.647. The van der Waals surface area contributed by atoms with E-state index in [1.807, 2.05) is 41.1 Å². The molecule has 0 spiro atoms. The van der Waals surface area contributed by atoms with Gasteiger partial charge in [0.25, 0.3) is 0 Å². The Morgan fingerprint density at radius 3 is 2.76 bits per heavy atom. The van der Waals surface area contributed by atoms with Gasteiger partial charge < -0.3 is 0 Å². The molecule has 0 aliphatic carbocycles. The molecule has 0 bridgehead atoms. The van der Waals surface area contributed by atoms with E-state index in [1.54, 1.807) is 22.7 Å².